The molecule has 1 fully saturated rings. The zero-order valence-corrected chi connectivity index (χ0v) is 11.4. The summed E-state index contributed by atoms with van der Waals surface area (Å²) in [5.41, 5.74) is 0.889. The Bertz CT molecular complexity index is 652. The van der Waals surface area contributed by atoms with E-state index in [1.54, 1.807) is 23.2 Å². The number of pyridine rings is 1. The molecule has 2 aromatic heterocycles. The van der Waals surface area contributed by atoms with E-state index in [0.29, 0.717) is 25.3 Å². The van der Waals surface area contributed by atoms with Gasteiger partial charge in [-0.2, -0.15) is 0 Å². The minimum Gasteiger partial charge on any atom is -0.459 e. The standard InChI is InChI=1S/C15H15N3O3/c19-14-4-1-7-18(14)13-9-11(5-6-16-13)10-17-15(20)12-3-2-8-21-12/h2-3,5-6,8-9H,1,4,7,10H2,(H,17,20). The van der Waals surface area contributed by atoms with E-state index in [4.69, 9.17) is 4.42 Å². The van der Waals surface area contributed by atoms with Gasteiger partial charge in [-0.05, 0) is 36.2 Å². The maximum absolute atomic E-state index is 11.8. The molecule has 0 aliphatic carbocycles. The second kappa shape index (κ2) is 5.78. The van der Waals surface area contributed by atoms with E-state index in [0.717, 1.165) is 12.0 Å². The van der Waals surface area contributed by atoms with E-state index >= 15 is 0 Å². The van der Waals surface area contributed by atoms with E-state index in [1.165, 1.54) is 6.26 Å². The Morgan fingerprint density at radius 1 is 1.43 bits per heavy atom. The van der Waals surface area contributed by atoms with Gasteiger partial charge in [0.15, 0.2) is 5.76 Å². The molecule has 0 spiro atoms. The number of carbonyl (C=O) groups excluding carboxylic acids is 2. The zero-order valence-electron chi connectivity index (χ0n) is 11.4. The Balaban J connectivity index is 1.66. The summed E-state index contributed by atoms with van der Waals surface area (Å²) in [5, 5.41) is 2.77. The van der Waals surface area contributed by atoms with E-state index < -0.39 is 0 Å². The highest BCUT2D eigenvalue weighted by molar-refractivity contribution is 5.94. The van der Waals surface area contributed by atoms with Crippen LogP contribution in [0.2, 0.25) is 0 Å². The Hall–Kier alpha value is -2.63. The van der Waals surface area contributed by atoms with Crippen LogP contribution in [0.4, 0.5) is 5.82 Å². The average molecular weight is 285 g/mol. The Morgan fingerprint density at radius 2 is 2.33 bits per heavy atom. The predicted molar refractivity (Wildman–Crippen MR) is 75.7 cm³/mol. The van der Waals surface area contributed by atoms with Gasteiger partial charge >= 0.3 is 0 Å². The minimum absolute atomic E-state index is 0.0965. The average Bonchev–Trinajstić information content (AvgIpc) is 3.16. The number of furan rings is 1. The van der Waals surface area contributed by atoms with Crippen LogP contribution in [0.3, 0.4) is 0 Å². The highest BCUT2D eigenvalue weighted by Crippen LogP contribution is 2.19. The lowest BCUT2D eigenvalue weighted by atomic mass is 10.2. The summed E-state index contributed by atoms with van der Waals surface area (Å²) in [5.74, 6) is 0.746. The molecule has 6 heteroatoms. The third-order valence-electron chi connectivity index (χ3n) is 3.36. The molecule has 3 rings (SSSR count). The molecular weight excluding hydrogens is 270 g/mol. The topological polar surface area (TPSA) is 75.4 Å². The first-order valence-electron chi connectivity index (χ1n) is 6.81. The Morgan fingerprint density at radius 3 is 3.05 bits per heavy atom. The fraction of sp³-hybridized carbons (Fsp3) is 0.267. The van der Waals surface area contributed by atoms with E-state index in [-0.39, 0.29) is 17.6 Å². The van der Waals surface area contributed by atoms with Crippen molar-refractivity contribution in [3.8, 4) is 0 Å². The van der Waals surface area contributed by atoms with Crippen molar-refractivity contribution in [1.29, 1.82) is 0 Å². The summed E-state index contributed by atoms with van der Waals surface area (Å²) in [7, 11) is 0. The lowest BCUT2D eigenvalue weighted by molar-refractivity contribution is -0.117. The molecule has 108 valence electrons. The zero-order chi connectivity index (χ0) is 14.7. The molecule has 6 nitrogen and oxygen atoms in total. The van der Waals surface area contributed by atoms with Crippen molar-refractivity contribution in [2.75, 3.05) is 11.4 Å². The van der Waals surface area contributed by atoms with Gasteiger partial charge in [0.25, 0.3) is 5.91 Å². The van der Waals surface area contributed by atoms with Gasteiger partial charge in [0, 0.05) is 25.7 Å². The Labute approximate surface area is 121 Å². The second-order valence-corrected chi connectivity index (χ2v) is 4.83. The van der Waals surface area contributed by atoms with Gasteiger partial charge in [-0.1, -0.05) is 0 Å². The van der Waals surface area contributed by atoms with Crippen molar-refractivity contribution in [2.24, 2.45) is 0 Å². The number of amides is 2. The van der Waals surface area contributed by atoms with Crippen LogP contribution in [0.1, 0.15) is 29.0 Å². The largest absolute Gasteiger partial charge is 0.459 e. The monoisotopic (exact) mass is 285 g/mol. The smallest absolute Gasteiger partial charge is 0.287 e. The predicted octanol–water partition coefficient (Wildman–Crippen LogP) is 1.73. The van der Waals surface area contributed by atoms with Crippen LogP contribution in [-0.2, 0) is 11.3 Å². The summed E-state index contributed by atoms with van der Waals surface area (Å²) in [6.07, 6.45) is 4.54. The number of nitrogens with one attached hydrogen (secondary N) is 1. The van der Waals surface area contributed by atoms with E-state index in [2.05, 4.69) is 10.3 Å². The van der Waals surface area contributed by atoms with Crippen LogP contribution in [0, 0.1) is 0 Å². The normalized spacial score (nSPS) is 14.5. The first-order chi connectivity index (χ1) is 10.2. The lowest BCUT2D eigenvalue weighted by Gasteiger charge is -2.15. The fourth-order valence-corrected chi connectivity index (χ4v) is 2.29. The number of hydrogen-bond donors (Lipinski definition) is 1. The molecule has 21 heavy (non-hydrogen) atoms. The highest BCUT2D eigenvalue weighted by atomic mass is 16.3. The third kappa shape index (κ3) is 2.94. The minimum atomic E-state index is -0.268. The fourth-order valence-electron chi connectivity index (χ4n) is 2.29. The summed E-state index contributed by atoms with van der Waals surface area (Å²) in [4.78, 5) is 29.4. The van der Waals surface area contributed by atoms with Crippen molar-refractivity contribution < 1.29 is 14.0 Å². The summed E-state index contributed by atoms with van der Waals surface area (Å²) < 4.78 is 5.03. The number of nitrogens with zero attached hydrogens (tertiary/aromatic N) is 2. The van der Waals surface area contributed by atoms with Crippen molar-refractivity contribution in [1.82, 2.24) is 10.3 Å². The number of aromatic nitrogens is 1. The molecule has 2 aromatic rings. The van der Waals surface area contributed by atoms with Crippen LogP contribution in [0.5, 0.6) is 0 Å². The van der Waals surface area contributed by atoms with Crippen LogP contribution in [0.15, 0.2) is 41.1 Å². The summed E-state index contributed by atoms with van der Waals surface area (Å²) in [6, 6.07) is 6.91. The Kier molecular flexibility index (Phi) is 3.68. The van der Waals surface area contributed by atoms with Crippen molar-refractivity contribution in [2.45, 2.75) is 19.4 Å². The van der Waals surface area contributed by atoms with Gasteiger partial charge in [0.2, 0.25) is 5.91 Å². The van der Waals surface area contributed by atoms with Gasteiger partial charge in [-0.25, -0.2) is 4.98 Å². The molecule has 0 saturated carbocycles. The van der Waals surface area contributed by atoms with Crippen LogP contribution in [-0.4, -0.2) is 23.3 Å². The summed E-state index contributed by atoms with van der Waals surface area (Å²) in [6.45, 7) is 1.06. The molecule has 1 saturated heterocycles. The van der Waals surface area contributed by atoms with Crippen LogP contribution in [0.25, 0.3) is 0 Å². The number of carbonyl (C=O) groups is 2. The molecule has 1 aliphatic heterocycles. The van der Waals surface area contributed by atoms with E-state index in [1.807, 2.05) is 12.1 Å². The highest BCUT2D eigenvalue weighted by Gasteiger charge is 2.22. The molecule has 1 aliphatic rings. The van der Waals surface area contributed by atoms with Crippen LogP contribution >= 0.6 is 0 Å². The molecule has 0 radical (unpaired) electrons. The first-order valence-corrected chi connectivity index (χ1v) is 6.81. The van der Waals surface area contributed by atoms with E-state index in [9.17, 15) is 9.59 Å². The molecule has 2 amide bonds. The molecule has 0 unspecified atom stereocenters. The van der Waals surface area contributed by atoms with Crippen molar-refractivity contribution >= 4 is 17.6 Å². The van der Waals surface area contributed by atoms with Gasteiger partial charge in [0.1, 0.15) is 5.82 Å². The van der Waals surface area contributed by atoms with Gasteiger partial charge in [-0.15, -0.1) is 0 Å². The lowest BCUT2D eigenvalue weighted by Crippen LogP contribution is -2.25. The maximum atomic E-state index is 11.8. The molecular formula is C15H15N3O3. The van der Waals surface area contributed by atoms with Crippen molar-refractivity contribution in [3.63, 3.8) is 0 Å². The molecule has 0 aromatic carbocycles. The maximum Gasteiger partial charge on any atom is 0.287 e. The van der Waals surface area contributed by atoms with Gasteiger partial charge in [0.05, 0.1) is 6.26 Å². The molecule has 1 N–H and O–H groups in total. The molecule has 0 atom stereocenters. The second-order valence-electron chi connectivity index (χ2n) is 4.83. The number of rotatable bonds is 4. The quantitative estimate of drug-likeness (QED) is 0.928. The van der Waals surface area contributed by atoms with Gasteiger partial charge in [-0.3, -0.25) is 14.5 Å². The third-order valence-corrected chi connectivity index (χ3v) is 3.36. The number of anilines is 1. The molecule has 3 heterocycles. The molecule has 0 bridgehead atoms. The van der Waals surface area contributed by atoms with Gasteiger partial charge < -0.3 is 9.73 Å². The SMILES string of the molecule is O=C(NCc1ccnc(N2CCCC2=O)c1)c1ccco1. The van der Waals surface area contributed by atoms with Crippen LogP contribution < -0.4 is 10.2 Å². The summed E-state index contributed by atoms with van der Waals surface area (Å²) >= 11 is 0. The van der Waals surface area contributed by atoms with Crippen molar-refractivity contribution in [3.05, 3.63) is 48.0 Å². The first kappa shape index (κ1) is 13.4. The number of hydrogen-bond acceptors (Lipinski definition) is 4.